The van der Waals surface area contributed by atoms with Crippen molar-refractivity contribution in [1.82, 2.24) is 4.98 Å². The van der Waals surface area contributed by atoms with Gasteiger partial charge in [-0.15, -0.1) is 0 Å². The van der Waals surface area contributed by atoms with Crippen molar-refractivity contribution in [1.29, 1.82) is 0 Å². The highest BCUT2D eigenvalue weighted by Crippen LogP contribution is 2.27. The molecular formula is C15H16N4O3S. The SMILES string of the molecule is O=C(Nc1ncc([N+](=O)[O-])s1)C1CCN(c2ccccc2)CC1. The number of thiazole rings is 1. The minimum Gasteiger partial charge on any atom is -0.371 e. The number of nitro groups is 1. The molecule has 0 saturated carbocycles. The molecule has 1 amide bonds. The van der Waals surface area contributed by atoms with Gasteiger partial charge in [0.15, 0.2) is 5.13 Å². The lowest BCUT2D eigenvalue weighted by Gasteiger charge is -2.32. The Labute approximate surface area is 137 Å². The van der Waals surface area contributed by atoms with E-state index in [2.05, 4.69) is 27.3 Å². The Balaban J connectivity index is 1.54. The molecule has 0 bridgehead atoms. The molecule has 0 spiro atoms. The van der Waals surface area contributed by atoms with Crippen LogP contribution < -0.4 is 10.2 Å². The molecule has 1 aromatic heterocycles. The number of hydrogen-bond acceptors (Lipinski definition) is 6. The number of benzene rings is 1. The van der Waals surface area contributed by atoms with E-state index in [0.717, 1.165) is 43.5 Å². The third-order valence-electron chi connectivity index (χ3n) is 3.89. The summed E-state index contributed by atoms with van der Waals surface area (Å²) in [5.41, 5.74) is 1.17. The summed E-state index contributed by atoms with van der Waals surface area (Å²) in [5, 5.41) is 13.5. The van der Waals surface area contributed by atoms with Crippen LogP contribution in [0.25, 0.3) is 0 Å². The molecule has 3 rings (SSSR count). The van der Waals surface area contributed by atoms with Crippen molar-refractivity contribution in [3.8, 4) is 0 Å². The van der Waals surface area contributed by atoms with Crippen LogP contribution in [0.2, 0.25) is 0 Å². The Hall–Kier alpha value is -2.48. The van der Waals surface area contributed by atoms with Gasteiger partial charge in [-0.2, -0.15) is 0 Å². The molecule has 2 heterocycles. The number of nitrogens with zero attached hydrogens (tertiary/aromatic N) is 3. The normalized spacial score (nSPS) is 15.4. The fourth-order valence-corrected chi connectivity index (χ4v) is 3.29. The largest absolute Gasteiger partial charge is 0.371 e. The van der Waals surface area contributed by atoms with Crippen molar-refractivity contribution < 1.29 is 9.72 Å². The molecule has 1 aliphatic rings. The van der Waals surface area contributed by atoms with Crippen molar-refractivity contribution in [2.75, 3.05) is 23.3 Å². The van der Waals surface area contributed by atoms with Gasteiger partial charge in [-0.3, -0.25) is 14.9 Å². The van der Waals surface area contributed by atoms with Gasteiger partial charge in [0.2, 0.25) is 5.91 Å². The number of rotatable bonds is 4. The lowest BCUT2D eigenvalue weighted by atomic mass is 9.95. The molecule has 2 aromatic rings. The number of hydrogen-bond donors (Lipinski definition) is 1. The zero-order valence-electron chi connectivity index (χ0n) is 12.3. The molecule has 0 radical (unpaired) electrons. The fraction of sp³-hybridized carbons (Fsp3) is 0.333. The molecule has 8 heteroatoms. The Kier molecular flexibility index (Phi) is 4.52. The molecule has 0 unspecified atom stereocenters. The number of anilines is 2. The summed E-state index contributed by atoms with van der Waals surface area (Å²) in [5.74, 6) is -0.195. The molecule has 1 aliphatic heterocycles. The molecule has 23 heavy (non-hydrogen) atoms. The van der Waals surface area contributed by atoms with E-state index < -0.39 is 4.92 Å². The molecule has 7 nitrogen and oxygen atoms in total. The quantitative estimate of drug-likeness (QED) is 0.687. The number of carbonyl (C=O) groups is 1. The van der Waals surface area contributed by atoms with E-state index in [1.165, 1.54) is 5.69 Å². The van der Waals surface area contributed by atoms with Gasteiger partial charge in [0.05, 0.1) is 4.92 Å². The van der Waals surface area contributed by atoms with E-state index in [0.29, 0.717) is 0 Å². The first-order chi connectivity index (χ1) is 11.1. The van der Waals surface area contributed by atoms with Crippen LogP contribution in [-0.2, 0) is 4.79 Å². The third-order valence-corrected chi connectivity index (χ3v) is 4.76. The highest BCUT2D eigenvalue weighted by atomic mass is 32.1. The number of amides is 1. The first kappa shape index (κ1) is 15.4. The Morgan fingerprint density at radius 2 is 2.00 bits per heavy atom. The zero-order valence-corrected chi connectivity index (χ0v) is 13.2. The van der Waals surface area contributed by atoms with Crippen LogP contribution in [0.1, 0.15) is 12.8 Å². The molecule has 1 saturated heterocycles. The van der Waals surface area contributed by atoms with Crippen molar-refractivity contribution in [3.05, 3.63) is 46.6 Å². The van der Waals surface area contributed by atoms with Gasteiger partial charge in [0, 0.05) is 24.7 Å². The Bertz CT molecular complexity index is 696. The second-order valence-corrected chi connectivity index (χ2v) is 6.36. The monoisotopic (exact) mass is 332 g/mol. The number of aromatic nitrogens is 1. The van der Waals surface area contributed by atoms with E-state index in [4.69, 9.17) is 0 Å². The van der Waals surface area contributed by atoms with Gasteiger partial charge in [-0.1, -0.05) is 18.2 Å². The number of carbonyl (C=O) groups excluding carboxylic acids is 1. The van der Waals surface area contributed by atoms with Gasteiger partial charge < -0.3 is 10.2 Å². The van der Waals surface area contributed by atoms with Crippen LogP contribution in [0.3, 0.4) is 0 Å². The summed E-state index contributed by atoms with van der Waals surface area (Å²) in [6.45, 7) is 1.64. The molecule has 1 fully saturated rings. The second kappa shape index (κ2) is 6.74. The number of piperidine rings is 1. The first-order valence-corrected chi connectivity index (χ1v) is 8.16. The van der Waals surface area contributed by atoms with Crippen LogP contribution in [0, 0.1) is 16.0 Å². The minimum atomic E-state index is -0.508. The van der Waals surface area contributed by atoms with Gasteiger partial charge in [0.25, 0.3) is 0 Å². The van der Waals surface area contributed by atoms with Crippen LogP contribution in [0.15, 0.2) is 36.5 Å². The summed E-state index contributed by atoms with van der Waals surface area (Å²) in [6, 6.07) is 10.1. The average Bonchev–Trinajstić information content (AvgIpc) is 3.04. The van der Waals surface area contributed by atoms with E-state index in [1.54, 1.807) is 0 Å². The Morgan fingerprint density at radius 1 is 1.30 bits per heavy atom. The van der Waals surface area contributed by atoms with Crippen molar-refractivity contribution >= 4 is 33.1 Å². The summed E-state index contributed by atoms with van der Waals surface area (Å²) < 4.78 is 0. The molecule has 0 atom stereocenters. The van der Waals surface area contributed by atoms with Crippen LogP contribution in [0.5, 0.6) is 0 Å². The molecule has 1 aromatic carbocycles. The number of nitrogens with one attached hydrogen (secondary N) is 1. The second-order valence-electron chi connectivity index (χ2n) is 5.35. The predicted octanol–water partition coefficient (Wildman–Crippen LogP) is 2.91. The summed E-state index contributed by atoms with van der Waals surface area (Å²) >= 11 is 0.878. The van der Waals surface area contributed by atoms with E-state index in [-0.39, 0.29) is 22.0 Å². The van der Waals surface area contributed by atoms with Gasteiger partial charge >= 0.3 is 5.00 Å². The molecule has 120 valence electrons. The first-order valence-electron chi connectivity index (χ1n) is 7.34. The highest BCUT2D eigenvalue weighted by molar-refractivity contribution is 7.18. The lowest BCUT2D eigenvalue weighted by Crippen LogP contribution is -2.38. The minimum absolute atomic E-state index is 0.0702. The van der Waals surface area contributed by atoms with Gasteiger partial charge in [-0.05, 0) is 36.3 Å². The highest BCUT2D eigenvalue weighted by Gasteiger charge is 2.26. The summed E-state index contributed by atoms with van der Waals surface area (Å²) in [4.78, 5) is 28.5. The summed E-state index contributed by atoms with van der Waals surface area (Å²) in [7, 11) is 0. The van der Waals surface area contributed by atoms with Crippen molar-refractivity contribution in [2.45, 2.75) is 12.8 Å². The maximum absolute atomic E-state index is 12.3. The molecular weight excluding hydrogens is 316 g/mol. The van der Waals surface area contributed by atoms with Crippen LogP contribution in [0.4, 0.5) is 15.8 Å². The summed E-state index contributed by atoms with van der Waals surface area (Å²) in [6.07, 6.45) is 2.68. The van der Waals surface area contributed by atoms with E-state index >= 15 is 0 Å². The van der Waals surface area contributed by atoms with E-state index in [9.17, 15) is 14.9 Å². The average molecular weight is 332 g/mol. The topological polar surface area (TPSA) is 88.4 Å². The van der Waals surface area contributed by atoms with E-state index in [1.807, 2.05) is 18.2 Å². The third kappa shape index (κ3) is 3.65. The molecule has 1 N–H and O–H groups in total. The van der Waals surface area contributed by atoms with Crippen LogP contribution >= 0.6 is 11.3 Å². The standard InChI is InChI=1S/C15H16N4O3S/c20-14(17-15-16-10-13(23-15)19(21)22)11-6-8-18(9-7-11)12-4-2-1-3-5-12/h1-5,10-11H,6-9H2,(H,16,17,20). The fourth-order valence-electron chi connectivity index (χ4n) is 2.65. The maximum Gasteiger partial charge on any atom is 0.345 e. The number of para-hydroxylation sites is 1. The molecule has 0 aliphatic carbocycles. The van der Waals surface area contributed by atoms with Gasteiger partial charge in [0.1, 0.15) is 6.20 Å². The van der Waals surface area contributed by atoms with Crippen LogP contribution in [-0.4, -0.2) is 28.9 Å². The Morgan fingerprint density at radius 3 is 2.61 bits per heavy atom. The zero-order chi connectivity index (χ0) is 16.2. The predicted molar refractivity (Wildman–Crippen MR) is 88.8 cm³/mol. The maximum atomic E-state index is 12.3. The van der Waals surface area contributed by atoms with Gasteiger partial charge in [-0.25, -0.2) is 4.98 Å². The smallest absolute Gasteiger partial charge is 0.345 e. The van der Waals surface area contributed by atoms with Crippen molar-refractivity contribution in [3.63, 3.8) is 0 Å². The van der Waals surface area contributed by atoms with Crippen molar-refractivity contribution in [2.24, 2.45) is 5.92 Å². The lowest BCUT2D eigenvalue weighted by molar-refractivity contribution is -0.380.